The number of ether oxygens (including phenoxy) is 4. The fraction of sp³-hybridized carbons (Fsp3) is 0.588. The van der Waals surface area contributed by atoms with Crippen molar-refractivity contribution >= 4 is 5.97 Å². The standard InChI is InChI=1S/C17H25NO7/c1-18(25-17-6-4-5-7-23-17)10-13-14(21-2)8-12(9-15(13)22-3)24-11-16(19)20/h8-9,17H,4-7,10-11H2,1-3H3,(H,19,20). The largest absolute Gasteiger partial charge is 0.496 e. The van der Waals surface area contributed by atoms with Crippen molar-refractivity contribution in [1.29, 1.82) is 0 Å². The molecule has 1 atom stereocenters. The Morgan fingerprint density at radius 1 is 1.28 bits per heavy atom. The molecule has 1 fully saturated rings. The monoisotopic (exact) mass is 355 g/mol. The molecule has 1 aliphatic heterocycles. The van der Waals surface area contributed by atoms with E-state index in [4.69, 9.17) is 28.9 Å². The molecule has 1 aromatic carbocycles. The summed E-state index contributed by atoms with van der Waals surface area (Å²) in [5, 5.41) is 10.4. The van der Waals surface area contributed by atoms with Crippen molar-refractivity contribution < 1.29 is 33.7 Å². The number of rotatable bonds is 9. The Kier molecular flexibility index (Phi) is 7.30. The van der Waals surface area contributed by atoms with Gasteiger partial charge in [-0.05, 0) is 12.8 Å². The summed E-state index contributed by atoms with van der Waals surface area (Å²) in [6, 6.07) is 3.26. The second-order valence-electron chi connectivity index (χ2n) is 5.68. The van der Waals surface area contributed by atoms with Crippen LogP contribution in [0, 0.1) is 0 Å². The Balaban J connectivity index is 2.10. The SMILES string of the molecule is COc1cc(OCC(=O)O)cc(OC)c1CN(C)OC1CCCCO1. The molecule has 1 N–H and O–H groups in total. The number of methoxy groups -OCH3 is 2. The number of hydrogen-bond acceptors (Lipinski definition) is 7. The highest BCUT2D eigenvalue weighted by Crippen LogP contribution is 2.35. The van der Waals surface area contributed by atoms with Gasteiger partial charge in [-0.25, -0.2) is 4.79 Å². The predicted molar refractivity (Wildman–Crippen MR) is 88.8 cm³/mol. The molecule has 2 rings (SSSR count). The molecule has 0 aliphatic carbocycles. The topological polar surface area (TPSA) is 86.7 Å². The summed E-state index contributed by atoms with van der Waals surface area (Å²) in [7, 11) is 4.88. The van der Waals surface area contributed by atoms with Crippen molar-refractivity contribution in [3.63, 3.8) is 0 Å². The normalized spacial score (nSPS) is 17.4. The van der Waals surface area contributed by atoms with Crippen LogP contribution in [-0.4, -0.2) is 56.9 Å². The number of hydroxylamine groups is 2. The van der Waals surface area contributed by atoms with Gasteiger partial charge in [0, 0.05) is 32.2 Å². The molecule has 0 bridgehead atoms. The average Bonchev–Trinajstić information content (AvgIpc) is 2.61. The van der Waals surface area contributed by atoms with Gasteiger partial charge in [0.2, 0.25) is 0 Å². The molecule has 1 aliphatic rings. The van der Waals surface area contributed by atoms with Crippen LogP contribution in [0.2, 0.25) is 0 Å². The quantitative estimate of drug-likeness (QED) is 0.674. The predicted octanol–water partition coefficient (Wildman–Crippen LogP) is 2.06. The molecule has 8 heteroatoms. The van der Waals surface area contributed by atoms with E-state index in [1.165, 1.54) is 14.2 Å². The molecule has 0 radical (unpaired) electrons. The number of aliphatic carboxylic acids is 1. The molecular formula is C17H25NO7. The molecular weight excluding hydrogens is 330 g/mol. The smallest absolute Gasteiger partial charge is 0.341 e. The summed E-state index contributed by atoms with van der Waals surface area (Å²) in [5.74, 6) is 0.362. The fourth-order valence-corrected chi connectivity index (χ4v) is 2.60. The van der Waals surface area contributed by atoms with Crippen molar-refractivity contribution in [3.8, 4) is 17.2 Å². The maximum absolute atomic E-state index is 10.7. The van der Waals surface area contributed by atoms with Gasteiger partial charge >= 0.3 is 5.97 Å². The lowest BCUT2D eigenvalue weighted by Crippen LogP contribution is -2.30. The highest BCUT2D eigenvalue weighted by atomic mass is 16.8. The van der Waals surface area contributed by atoms with Crippen LogP contribution in [0.4, 0.5) is 0 Å². The van der Waals surface area contributed by atoms with Crippen LogP contribution in [0.1, 0.15) is 24.8 Å². The third kappa shape index (κ3) is 5.77. The van der Waals surface area contributed by atoms with Gasteiger partial charge in [-0.15, -0.1) is 0 Å². The zero-order chi connectivity index (χ0) is 18.2. The Morgan fingerprint density at radius 2 is 1.96 bits per heavy atom. The summed E-state index contributed by atoms with van der Waals surface area (Å²) < 4.78 is 21.6. The highest BCUT2D eigenvalue weighted by Gasteiger charge is 2.20. The van der Waals surface area contributed by atoms with Crippen LogP contribution in [0.5, 0.6) is 17.2 Å². The second kappa shape index (κ2) is 9.45. The Hall–Kier alpha value is -2.03. The summed E-state index contributed by atoms with van der Waals surface area (Å²) >= 11 is 0. The summed E-state index contributed by atoms with van der Waals surface area (Å²) in [6.45, 7) is 0.680. The van der Waals surface area contributed by atoms with E-state index < -0.39 is 12.6 Å². The Bertz CT molecular complexity index is 547. The number of nitrogens with zero attached hydrogens (tertiary/aromatic N) is 1. The first kappa shape index (κ1) is 19.3. The number of hydrogen-bond donors (Lipinski definition) is 1. The second-order valence-corrected chi connectivity index (χ2v) is 5.68. The summed E-state index contributed by atoms with van der Waals surface area (Å²) in [4.78, 5) is 16.5. The van der Waals surface area contributed by atoms with Crippen molar-refractivity contribution in [1.82, 2.24) is 5.06 Å². The van der Waals surface area contributed by atoms with Gasteiger partial charge in [-0.3, -0.25) is 4.84 Å². The van der Waals surface area contributed by atoms with E-state index in [2.05, 4.69) is 0 Å². The molecule has 1 heterocycles. The lowest BCUT2D eigenvalue weighted by Gasteiger charge is -2.28. The van der Waals surface area contributed by atoms with Gasteiger partial charge < -0.3 is 24.1 Å². The van der Waals surface area contributed by atoms with Crippen LogP contribution in [0.25, 0.3) is 0 Å². The van der Waals surface area contributed by atoms with Gasteiger partial charge in [0.05, 0.1) is 26.3 Å². The zero-order valence-electron chi connectivity index (χ0n) is 14.8. The van der Waals surface area contributed by atoms with Crippen LogP contribution >= 0.6 is 0 Å². The number of benzene rings is 1. The van der Waals surface area contributed by atoms with E-state index in [-0.39, 0.29) is 6.29 Å². The Labute approximate surface area is 147 Å². The van der Waals surface area contributed by atoms with Crippen molar-refractivity contribution in [2.75, 3.05) is 34.5 Å². The highest BCUT2D eigenvalue weighted by molar-refractivity contribution is 5.68. The molecule has 0 aromatic heterocycles. The first-order valence-corrected chi connectivity index (χ1v) is 8.12. The van der Waals surface area contributed by atoms with Crippen molar-refractivity contribution in [3.05, 3.63) is 17.7 Å². The van der Waals surface area contributed by atoms with Crippen LogP contribution in [0.15, 0.2) is 12.1 Å². The zero-order valence-corrected chi connectivity index (χ0v) is 14.8. The minimum Gasteiger partial charge on any atom is -0.496 e. The van der Waals surface area contributed by atoms with Crippen LogP contribution in [0.3, 0.4) is 0 Å². The van der Waals surface area contributed by atoms with Gasteiger partial charge in [0.15, 0.2) is 12.9 Å². The van der Waals surface area contributed by atoms with Crippen LogP contribution < -0.4 is 14.2 Å². The van der Waals surface area contributed by atoms with E-state index in [9.17, 15) is 4.79 Å². The first-order chi connectivity index (χ1) is 12.0. The van der Waals surface area contributed by atoms with E-state index in [0.717, 1.165) is 24.8 Å². The Morgan fingerprint density at radius 3 is 2.48 bits per heavy atom. The molecule has 1 aromatic rings. The van der Waals surface area contributed by atoms with E-state index in [1.54, 1.807) is 17.2 Å². The lowest BCUT2D eigenvalue weighted by molar-refractivity contribution is -0.284. The lowest BCUT2D eigenvalue weighted by atomic mass is 10.1. The molecule has 140 valence electrons. The van der Waals surface area contributed by atoms with Crippen LogP contribution in [-0.2, 0) is 20.9 Å². The third-order valence-corrected chi connectivity index (χ3v) is 3.76. The number of carboxylic acids is 1. The molecule has 0 saturated carbocycles. The summed E-state index contributed by atoms with van der Waals surface area (Å²) in [6.07, 6.45) is 2.76. The third-order valence-electron chi connectivity index (χ3n) is 3.76. The van der Waals surface area contributed by atoms with Gasteiger partial charge in [-0.2, -0.15) is 5.06 Å². The van der Waals surface area contributed by atoms with E-state index in [1.807, 2.05) is 7.05 Å². The van der Waals surface area contributed by atoms with E-state index in [0.29, 0.717) is 30.4 Å². The minimum absolute atomic E-state index is 0.242. The molecule has 25 heavy (non-hydrogen) atoms. The van der Waals surface area contributed by atoms with Crippen molar-refractivity contribution in [2.45, 2.75) is 32.1 Å². The molecule has 1 saturated heterocycles. The first-order valence-electron chi connectivity index (χ1n) is 8.12. The maximum atomic E-state index is 10.7. The number of carbonyl (C=O) groups is 1. The van der Waals surface area contributed by atoms with Gasteiger partial charge in [0.25, 0.3) is 0 Å². The fourth-order valence-electron chi connectivity index (χ4n) is 2.60. The average molecular weight is 355 g/mol. The van der Waals surface area contributed by atoms with Gasteiger partial charge in [-0.1, -0.05) is 0 Å². The molecule has 1 unspecified atom stereocenters. The minimum atomic E-state index is -1.05. The molecule has 8 nitrogen and oxygen atoms in total. The van der Waals surface area contributed by atoms with Crippen molar-refractivity contribution in [2.24, 2.45) is 0 Å². The van der Waals surface area contributed by atoms with Gasteiger partial charge in [0.1, 0.15) is 17.2 Å². The number of carboxylic acid groups (broad SMARTS) is 1. The van der Waals surface area contributed by atoms with E-state index >= 15 is 0 Å². The summed E-state index contributed by atoms with van der Waals surface area (Å²) in [5.41, 5.74) is 0.769. The maximum Gasteiger partial charge on any atom is 0.341 e. The molecule has 0 spiro atoms. The molecule has 0 amide bonds.